The van der Waals surface area contributed by atoms with Crippen LogP contribution in [0, 0.1) is 5.92 Å². The molecule has 270 valence electrons. The van der Waals surface area contributed by atoms with Crippen LogP contribution >= 0.6 is 0 Å². The molecule has 0 aliphatic carbocycles. The SMILES string of the molecule is CCCCCCCCCC(c1ccc(N)cc1)c1ccc(CC(C)Cc2ccc(C(CCCCCCCCC)c3ccc(N)cc3)cc2)cc1. The molecule has 0 heterocycles. The second kappa shape index (κ2) is 22.3. The van der Waals surface area contributed by atoms with Gasteiger partial charge in [0.2, 0.25) is 0 Å². The molecule has 0 aliphatic rings. The molecule has 0 bridgehead atoms. The van der Waals surface area contributed by atoms with Crippen LogP contribution in [0.25, 0.3) is 0 Å². The Hall–Kier alpha value is -3.52. The minimum absolute atomic E-state index is 0.430. The normalized spacial score (nSPS) is 13.3. The predicted molar refractivity (Wildman–Crippen MR) is 220 cm³/mol. The quantitative estimate of drug-likeness (QED) is 0.0575. The second-order valence-corrected chi connectivity index (χ2v) is 15.3. The highest BCUT2D eigenvalue weighted by atomic mass is 14.5. The number of nitrogens with two attached hydrogens (primary N) is 2. The predicted octanol–water partition coefficient (Wildman–Crippen LogP) is 13.8. The Labute approximate surface area is 306 Å². The van der Waals surface area contributed by atoms with Crippen LogP contribution in [0.1, 0.15) is 169 Å². The minimum Gasteiger partial charge on any atom is -0.399 e. The van der Waals surface area contributed by atoms with Crippen LogP contribution in [-0.4, -0.2) is 0 Å². The number of hydrogen-bond donors (Lipinski definition) is 2. The molecule has 2 atom stereocenters. The van der Waals surface area contributed by atoms with Crippen molar-refractivity contribution in [2.45, 2.75) is 148 Å². The Bertz CT molecular complexity index is 1320. The zero-order valence-corrected chi connectivity index (χ0v) is 31.9. The average molecular weight is 673 g/mol. The molecule has 2 unspecified atom stereocenters. The third-order valence-corrected chi connectivity index (χ3v) is 10.8. The van der Waals surface area contributed by atoms with E-state index in [2.05, 4.69) is 118 Å². The second-order valence-electron chi connectivity index (χ2n) is 15.3. The number of benzene rings is 4. The maximum Gasteiger partial charge on any atom is 0.0314 e. The van der Waals surface area contributed by atoms with Crippen LogP contribution < -0.4 is 11.5 Å². The first kappa shape index (κ1) is 39.3. The summed E-state index contributed by atoms with van der Waals surface area (Å²) in [5.41, 5.74) is 22.3. The molecule has 4 N–H and O–H groups in total. The van der Waals surface area contributed by atoms with Gasteiger partial charge in [-0.25, -0.2) is 0 Å². The van der Waals surface area contributed by atoms with Crippen LogP contribution in [0.5, 0.6) is 0 Å². The summed E-state index contributed by atoms with van der Waals surface area (Å²) in [7, 11) is 0. The maximum absolute atomic E-state index is 6.05. The van der Waals surface area contributed by atoms with Crippen LogP contribution in [0.2, 0.25) is 0 Å². The topological polar surface area (TPSA) is 52.0 Å². The van der Waals surface area contributed by atoms with Crippen LogP contribution in [-0.2, 0) is 12.8 Å². The third kappa shape index (κ3) is 13.7. The molecule has 0 radical (unpaired) electrons. The van der Waals surface area contributed by atoms with Gasteiger partial charge < -0.3 is 11.5 Å². The van der Waals surface area contributed by atoms with Gasteiger partial charge in [0.05, 0.1) is 0 Å². The van der Waals surface area contributed by atoms with Gasteiger partial charge in [-0.05, 0) is 89.2 Å². The van der Waals surface area contributed by atoms with Gasteiger partial charge in [-0.1, -0.05) is 183 Å². The van der Waals surface area contributed by atoms with Crippen LogP contribution in [0.3, 0.4) is 0 Å². The molecule has 4 aromatic carbocycles. The van der Waals surface area contributed by atoms with E-state index >= 15 is 0 Å². The monoisotopic (exact) mass is 673 g/mol. The first-order valence-corrected chi connectivity index (χ1v) is 20.3. The Morgan fingerprint density at radius 3 is 0.980 bits per heavy atom. The minimum atomic E-state index is 0.430. The molecule has 50 heavy (non-hydrogen) atoms. The Morgan fingerprint density at radius 1 is 0.380 bits per heavy atom. The van der Waals surface area contributed by atoms with Gasteiger partial charge in [0.25, 0.3) is 0 Å². The number of anilines is 2. The van der Waals surface area contributed by atoms with Crippen molar-refractivity contribution in [3.05, 3.63) is 130 Å². The van der Waals surface area contributed by atoms with Gasteiger partial charge in [-0.2, -0.15) is 0 Å². The number of unbranched alkanes of at least 4 members (excludes halogenated alkanes) is 12. The fourth-order valence-electron chi connectivity index (χ4n) is 7.77. The highest BCUT2D eigenvalue weighted by Crippen LogP contribution is 2.33. The van der Waals surface area contributed by atoms with E-state index in [9.17, 15) is 0 Å². The van der Waals surface area contributed by atoms with E-state index in [-0.39, 0.29) is 0 Å². The van der Waals surface area contributed by atoms with Gasteiger partial charge in [-0.3, -0.25) is 0 Å². The molecule has 2 heteroatoms. The Morgan fingerprint density at radius 2 is 0.660 bits per heavy atom. The summed E-state index contributed by atoms with van der Waals surface area (Å²) >= 11 is 0. The van der Waals surface area contributed by atoms with E-state index in [4.69, 9.17) is 11.5 Å². The van der Waals surface area contributed by atoms with Crippen molar-refractivity contribution >= 4 is 11.4 Å². The summed E-state index contributed by atoms with van der Waals surface area (Å²) in [4.78, 5) is 0. The molecular formula is C48H68N2. The summed E-state index contributed by atoms with van der Waals surface area (Å²) in [5.74, 6) is 1.44. The summed E-state index contributed by atoms with van der Waals surface area (Å²) < 4.78 is 0. The lowest BCUT2D eigenvalue weighted by Gasteiger charge is -2.20. The Kier molecular flexibility index (Phi) is 17.5. The smallest absolute Gasteiger partial charge is 0.0314 e. The van der Waals surface area contributed by atoms with Crippen molar-refractivity contribution < 1.29 is 0 Å². The van der Waals surface area contributed by atoms with Crippen molar-refractivity contribution in [2.24, 2.45) is 5.92 Å². The fraction of sp³-hybridized carbons (Fsp3) is 0.500. The van der Waals surface area contributed by atoms with Crippen molar-refractivity contribution in [2.75, 3.05) is 11.5 Å². The largest absolute Gasteiger partial charge is 0.399 e. The summed E-state index contributed by atoms with van der Waals surface area (Å²) in [5, 5.41) is 0. The first-order valence-electron chi connectivity index (χ1n) is 20.3. The molecule has 0 amide bonds. The van der Waals surface area contributed by atoms with Crippen molar-refractivity contribution in [1.29, 1.82) is 0 Å². The third-order valence-electron chi connectivity index (χ3n) is 10.8. The molecule has 0 fully saturated rings. The first-order chi connectivity index (χ1) is 24.5. The van der Waals surface area contributed by atoms with Crippen molar-refractivity contribution in [3.8, 4) is 0 Å². The van der Waals surface area contributed by atoms with Gasteiger partial charge in [0.15, 0.2) is 0 Å². The molecular weight excluding hydrogens is 605 g/mol. The molecule has 0 saturated carbocycles. The molecule has 0 aromatic heterocycles. The number of nitrogen functional groups attached to an aromatic ring is 2. The highest BCUT2D eigenvalue weighted by Gasteiger charge is 2.17. The summed E-state index contributed by atoms with van der Waals surface area (Å²) in [6.07, 6.45) is 23.4. The number of rotatable bonds is 24. The molecule has 0 saturated heterocycles. The molecule has 0 aliphatic heterocycles. The van der Waals surface area contributed by atoms with Crippen molar-refractivity contribution in [3.63, 3.8) is 0 Å². The number of hydrogen-bond acceptors (Lipinski definition) is 2. The molecule has 4 rings (SSSR count). The van der Waals surface area contributed by atoms with Gasteiger partial charge in [-0.15, -0.1) is 0 Å². The zero-order valence-electron chi connectivity index (χ0n) is 31.9. The van der Waals surface area contributed by atoms with Crippen LogP contribution in [0.15, 0.2) is 97.1 Å². The van der Waals surface area contributed by atoms with E-state index in [0.717, 1.165) is 24.2 Å². The van der Waals surface area contributed by atoms with Gasteiger partial charge >= 0.3 is 0 Å². The van der Waals surface area contributed by atoms with E-state index < -0.39 is 0 Å². The van der Waals surface area contributed by atoms with Gasteiger partial charge in [0.1, 0.15) is 0 Å². The molecule has 0 spiro atoms. The van der Waals surface area contributed by atoms with E-state index in [1.54, 1.807) is 0 Å². The van der Waals surface area contributed by atoms with Crippen molar-refractivity contribution in [1.82, 2.24) is 0 Å². The van der Waals surface area contributed by atoms with Gasteiger partial charge in [0, 0.05) is 23.2 Å². The molecule has 4 aromatic rings. The Balaban J connectivity index is 1.33. The van der Waals surface area contributed by atoms with E-state index in [1.165, 1.54) is 136 Å². The fourth-order valence-corrected chi connectivity index (χ4v) is 7.77. The standard InChI is InChI=1S/C48H68N2/c1-4-6-8-10-12-14-16-18-47(43-28-32-45(49)33-29-43)41-24-20-39(21-25-41)36-38(3)37-40-22-26-42(27-23-40)48(44-30-34-46(50)35-31-44)19-17-15-13-11-9-7-5-2/h20-35,38,47-48H,4-19,36-37,49-50H2,1-3H3. The highest BCUT2D eigenvalue weighted by molar-refractivity contribution is 5.44. The van der Waals surface area contributed by atoms with E-state index in [0.29, 0.717) is 17.8 Å². The lowest BCUT2D eigenvalue weighted by atomic mass is 9.85. The lowest BCUT2D eigenvalue weighted by Crippen LogP contribution is -2.06. The zero-order chi connectivity index (χ0) is 35.4. The summed E-state index contributed by atoms with van der Waals surface area (Å²) in [6, 6.07) is 36.2. The molecule has 2 nitrogen and oxygen atoms in total. The van der Waals surface area contributed by atoms with E-state index in [1.807, 2.05) is 0 Å². The van der Waals surface area contributed by atoms with Crippen LogP contribution in [0.4, 0.5) is 11.4 Å². The summed E-state index contributed by atoms with van der Waals surface area (Å²) in [6.45, 7) is 6.98. The lowest BCUT2D eigenvalue weighted by molar-refractivity contribution is 0.558. The maximum atomic E-state index is 6.05. The average Bonchev–Trinajstić information content (AvgIpc) is 3.13.